The standard InChI is InChI=1S/C25H31N3O3/c1-18-6-4-7-19(16-18)24(29)27-20-11-13-28(14-12-20)23-10-3-2-9-22(23)25(30)26-17-21-8-5-15-31-21/h2-4,6-7,9-10,16,20-21H,5,8,11-15,17H2,1H3,(H,26,30)(H,27,29). The van der Waals surface area contributed by atoms with E-state index in [2.05, 4.69) is 15.5 Å². The lowest BCUT2D eigenvalue weighted by molar-refractivity contribution is 0.0858. The van der Waals surface area contributed by atoms with Crippen LogP contribution in [0.2, 0.25) is 0 Å². The number of piperidine rings is 1. The zero-order valence-electron chi connectivity index (χ0n) is 18.1. The zero-order valence-corrected chi connectivity index (χ0v) is 18.1. The fraction of sp³-hybridized carbons (Fsp3) is 0.440. The Morgan fingerprint density at radius 3 is 2.58 bits per heavy atom. The van der Waals surface area contributed by atoms with Gasteiger partial charge in [-0.1, -0.05) is 29.8 Å². The van der Waals surface area contributed by atoms with Gasteiger partial charge < -0.3 is 20.3 Å². The van der Waals surface area contributed by atoms with Gasteiger partial charge >= 0.3 is 0 Å². The Kier molecular flexibility index (Phi) is 6.87. The third kappa shape index (κ3) is 5.44. The summed E-state index contributed by atoms with van der Waals surface area (Å²) in [5.74, 6) is -0.0722. The second-order valence-electron chi connectivity index (χ2n) is 8.47. The summed E-state index contributed by atoms with van der Waals surface area (Å²) in [4.78, 5) is 27.6. The van der Waals surface area contributed by atoms with Gasteiger partial charge in [0.25, 0.3) is 11.8 Å². The molecule has 0 radical (unpaired) electrons. The van der Waals surface area contributed by atoms with Crippen LogP contribution in [0.25, 0.3) is 0 Å². The van der Waals surface area contributed by atoms with E-state index in [1.54, 1.807) is 0 Å². The highest BCUT2D eigenvalue weighted by Gasteiger charge is 2.24. The van der Waals surface area contributed by atoms with Crippen LogP contribution >= 0.6 is 0 Å². The van der Waals surface area contributed by atoms with Gasteiger partial charge in [0, 0.05) is 43.5 Å². The summed E-state index contributed by atoms with van der Waals surface area (Å²) in [7, 11) is 0. The molecule has 0 aromatic heterocycles. The average Bonchev–Trinajstić information content (AvgIpc) is 3.32. The van der Waals surface area contributed by atoms with E-state index in [0.29, 0.717) is 17.7 Å². The number of carbonyl (C=O) groups excluding carboxylic acids is 2. The summed E-state index contributed by atoms with van der Waals surface area (Å²) in [5, 5.41) is 6.19. The van der Waals surface area contributed by atoms with E-state index < -0.39 is 0 Å². The molecule has 6 nitrogen and oxygen atoms in total. The maximum absolute atomic E-state index is 12.8. The number of nitrogens with one attached hydrogen (secondary N) is 2. The number of rotatable bonds is 6. The molecule has 2 aliphatic heterocycles. The highest BCUT2D eigenvalue weighted by Crippen LogP contribution is 2.25. The second kappa shape index (κ2) is 9.96. The SMILES string of the molecule is Cc1cccc(C(=O)NC2CCN(c3ccccc3C(=O)NCC3CCCO3)CC2)c1. The number of hydrogen-bond donors (Lipinski definition) is 2. The van der Waals surface area contributed by atoms with E-state index in [1.807, 2.05) is 55.5 Å². The Balaban J connectivity index is 1.33. The smallest absolute Gasteiger partial charge is 0.253 e. The van der Waals surface area contributed by atoms with Crippen LogP contribution in [-0.2, 0) is 4.74 Å². The first-order valence-corrected chi connectivity index (χ1v) is 11.2. The van der Waals surface area contributed by atoms with E-state index in [9.17, 15) is 9.59 Å². The van der Waals surface area contributed by atoms with Gasteiger partial charge in [-0.15, -0.1) is 0 Å². The van der Waals surface area contributed by atoms with Crippen molar-refractivity contribution in [1.29, 1.82) is 0 Å². The van der Waals surface area contributed by atoms with Gasteiger partial charge in [-0.3, -0.25) is 9.59 Å². The number of hydrogen-bond acceptors (Lipinski definition) is 4. The molecular formula is C25H31N3O3. The quantitative estimate of drug-likeness (QED) is 0.751. The first-order valence-electron chi connectivity index (χ1n) is 11.2. The van der Waals surface area contributed by atoms with Crippen LogP contribution in [0.3, 0.4) is 0 Å². The number of anilines is 1. The second-order valence-corrected chi connectivity index (χ2v) is 8.47. The summed E-state index contributed by atoms with van der Waals surface area (Å²) in [6, 6.07) is 15.6. The Labute approximate surface area is 184 Å². The molecule has 2 N–H and O–H groups in total. The number of nitrogens with zero attached hydrogens (tertiary/aromatic N) is 1. The monoisotopic (exact) mass is 421 g/mol. The van der Waals surface area contributed by atoms with Gasteiger partial charge in [0.15, 0.2) is 0 Å². The minimum Gasteiger partial charge on any atom is -0.376 e. The summed E-state index contributed by atoms with van der Waals surface area (Å²) in [6.45, 7) is 4.93. The Hall–Kier alpha value is -2.86. The minimum absolute atomic E-state index is 0.0175. The molecule has 1 atom stereocenters. The number of benzene rings is 2. The normalized spacial score (nSPS) is 19.3. The van der Waals surface area contributed by atoms with Crippen molar-refractivity contribution in [3.05, 3.63) is 65.2 Å². The first kappa shape index (κ1) is 21.4. The molecule has 31 heavy (non-hydrogen) atoms. The lowest BCUT2D eigenvalue weighted by Crippen LogP contribution is -2.45. The minimum atomic E-state index is -0.0547. The molecule has 0 saturated carbocycles. The van der Waals surface area contributed by atoms with Crippen molar-refractivity contribution in [3.8, 4) is 0 Å². The van der Waals surface area contributed by atoms with Crippen molar-refractivity contribution in [1.82, 2.24) is 10.6 Å². The summed E-state index contributed by atoms with van der Waals surface area (Å²) < 4.78 is 5.61. The van der Waals surface area contributed by atoms with E-state index in [0.717, 1.165) is 56.6 Å². The fourth-order valence-corrected chi connectivity index (χ4v) is 4.37. The summed E-state index contributed by atoms with van der Waals surface area (Å²) in [6.07, 6.45) is 3.90. The van der Waals surface area contributed by atoms with Crippen LogP contribution in [-0.4, -0.2) is 50.2 Å². The molecule has 0 bridgehead atoms. The van der Waals surface area contributed by atoms with Crippen molar-refractivity contribution in [2.75, 3.05) is 31.1 Å². The molecule has 164 valence electrons. The molecular weight excluding hydrogens is 390 g/mol. The third-order valence-corrected chi connectivity index (χ3v) is 6.11. The summed E-state index contributed by atoms with van der Waals surface area (Å²) >= 11 is 0. The van der Waals surface area contributed by atoms with Gasteiger partial charge in [0.1, 0.15) is 0 Å². The molecule has 4 rings (SSSR count). The Morgan fingerprint density at radius 1 is 1.03 bits per heavy atom. The Bertz CT molecular complexity index is 916. The van der Waals surface area contributed by atoms with E-state index in [1.165, 1.54) is 0 Å². The highest BCUT2D eigenvalue weighted by atomic mass is 16.5. The molecule has 2 heterocycles. The van der Waals surface area contributed by atoms with Crippen molar-refractivity contribution in [3.63, 3.8) is 0 Å². The van der Waals surface area contributed by atoms with Crippen LogP contribution in [0.1, 0.15) is 52.0 Å². The van der Waals surface area contributed by atoms with Gasteiger partial charge in [-0.05, 0) is 56.9 Å². The van der Waals surface area contributed by atoms with Gasteiger partial charge in [-0.25, -0.2) is 0 Å². The molecule has 6 heteroatoms. The van der Waals surface area contributed by atoms with Gasteiger partial charge in [0.2, 0.25) is 0 Å². The van der Waals surface area contributed by atoms with E-state index in [4.69, 9.17) is 4.74 Å². The number of ether oxygens (including phenoxy) is 1. The zero-order chi connectivity index (χ0) is 21.6. The number of carbonyl (C=O) groups is 2. The van der Waals surface area contributed by atoms with Crippen molar-refractivity contribution in [2.45, 2.75) is 44.8 Å². The molecule has 0 spiro atoms. The van der Waals surface area contributed by atoms with E-state index in [-0.39, 0.29) is 24.0 Å². The molecule has 2 aliphatic rings. The number of para-hydroxylation sites is 1. The Morgan fingerprint density at radius 2 is 1.84 bits per heavy atom. The molecule has 1 unspecified atom stereocenters. The largest absolute Gasteiger partial charge is 0.376 e. The van der Waals surface area contributed by atoms with Gasteiger partial charge in [-0.2, -0.15) is 0 Å². The molecule has 2 aromatic carbocycles. The van der Waals surface area contributed by atoms with Crippen LogP contribution in [0.15, 0.2) is 48.5 Å². The molecule has 2 aromatic rings. The summed E-state index contributed by atoms with van der Waals surface area (Å²) in [5.41, 5.74) is 3.44. The van der Waals surface area contributed by atoms with Crippen LogP contribution in [0.5, 0.6) is 0 Å². The van der Waals surface area contributed by atoms with Crippen molar-refractivity contribution < 1.29 is 14.3 Å². The first-order chi connectivity index (χ1) is 15.1. The average molecular weight is 422 g/mol. The predicted octanol–water partition coefficient (Wildman–Crippen LogP) is 3.30. The third-order valence-electron chi connectivity index (χ3n) is 6.11. The molecule has 0 aliphatic carbocycles. The maximum atomic E-state index is 12.8. The van der Waals surface area contributed by atoms with Crippen molar-refractivity contribution in [2.24, 2.45) is 0 Å². The topological polar surface area (TPSA) is 70.7 Å². The maximum Gasteiger partial charge on any atom is 0.253 e. The van der Waals surface area contributed by atoms with Crippen LogP contribution < -0.4 is 15.5 Å². The van der Waals surface area contributed by atoms with Gasteiger partial charge in [0.05, 0.1) is 11.7 Å². The molecule has 2 fully saturated rings. The molecule has 2 amide bonds. The molecule has 2 saturated heterocycles. The van der Waals surface area contributed by atoms with Crippen LogP contribution in [0, 0.1) is 6.92 Å². The van der Waals surface area contributed by atoms with Crippen molar-refractivity contribution >= 4 is 17.5 Å². The predicted molar refractivity (Wildman–Crippen MR) is 122 cm³/mol. The number of amides is 2. The fourth-order valence-electron chi connectivity index (χ4n) is 4.37. The highest BCUT2D eigenvalue weighted by molar-refractivity contribution is 6.00. The lowest BCUT2D eigenvalue weighted by atomic mass is 10.0. The lowest BCUT2D eigenvalue weighted by Gasteiger charge is -2.35. The number of aryl methyl sites for hydroxylation is 1. The van der Waals surface area contributed by atoms with Crippen LogP contribution in [0.4, 0.5) is 5.69 Å². The van der Waals surface area contributed by atoms with E-state index >= 15 is 0 Å².